The number of aromatic hydroxyl groups is 1. The van der Waals surface area contributed by atoms with E-state index in [1.54, 1.807) is 37.3 Å². The number of halogens is 2. The molecule has 0 spiro atoms. The van der Waals surface area contributed by atoms with Crippen molar-refractivity contribution in [3.05, 3.63) is 94.0 Å². The molecule has 8 heteroatoms. The largest absolute Gasteiger partial charge is 0.507 e. The van der Waals surface area contributed by atoms with Crippen LogP contribution in [0.1, 0.15) is 82.3 Å². The first-order chi connectivity index (χ1) is 19.1. The summed E-state index contributed by atoms with van der Waals surface area (Å²) in [6.07, 6.45) is 0.614. The van der Waals surface area contributed by atoms with E-state index in [-0.39, 0.29) is 40.9 Å². The minimum atomic E-state index is -1.12. The van der Waals surface area contributed by atoms with Gasteiger partial charge >= 0.3 is 12.0 Å². The van der Waals surface area contributed by atoms with Crippen molar-refractivity contribution < 1.29 is 28.2 Å². The highest BCUT2D eigenvalue weighted by atomic mass is 19.1. The van der Waals surface area contributed by atoms with Crippen molar-refractivity contribution in [3.63, 3.8) is 0 Å². The Balaban J connectivity index is 1.90. The van der Waals surface area contributed by atoms with Crippen molar-refractivity contribution in [2.24, 2.45) is 0 Å². The molecule has 41 heavy (non-hydrogen) atoms. The molecule has 3 aromatic carbocycles. The van der Waals surface area contributed by atoms with Gasteiger partial charge in [0.25, 0.3) is 0 Å². The van der Waals surface area contributed by atoms with Gasteiger partial charge in [0.1, 0.15) is 17.4 Å². The Morgan fingerprint density at radius 1 is 0.902 bits per heavy atom. The van der Waals surface area contributed by atoms with E-state index in [2.05, 4.69) is 10.6 Å². The number of nitrogens with one attached hydrogen (secondary N) is 2. The van der Waals surface area contributed by atoms with Gasteiger partial charge in [0.2, 0.25) is 0 Å². The number of phenols is 1. The summed E-state index contributed by atoms with van der Waals surface area (Å²) in [6.45, 7) is 13.9. The summed E-state index contributed by atoms with van der Waals surface area (Å²) in [5, 5.41) is 16.1. The first-order valence-electron chi connectivity index (χ1n) is 13.8. The Labute approximate surface area is 241 Å². The maximum absolute atomic E-state index is 15.0. The van der Waals surface area contributed by atoms with Crippen LogP contribution in [0.2, 0.25) is 0 Å². The van der Waals surface area contributed by atoms with E-state index in [4.69, 9.17) is 4.74 Å². The summed E-state index contributed by atoms with van der Waals surface area (Å²) in [7, 11) is 0. The first-order valence-corrected chi connectivity index (χ1v) is 13.8. The highest BCUT2D eigenvalue weighted by Crippen LogP contribution is 2.40. The number of phenolic OH excluding ortho intramolecular Hbond substituents is 1. The molecule has 3 aromatic rings. The second-order valence-electron chi connectivity index (χ2n) is 12.2. The zero-order chi connectivity index (χ0) is 30.5. The molecule has 0 heterocycles. The van der Waals surface area contributed by atoms with E-state index >= 15 is 4.39 Å². The van der Waals surface area contributed by atoms with Gasteiger partial charge in [0.15, 0.2) is 6.04 Å². The van der Waals surface area contributed by atoms with Gasteiger partial charge in [-0.1, -0.05) is 84.0 Å². The van der Waals surface area contributed by atoms with Crippen molar-refractivity contribution in [1.29, 1.82) is 0 Å². The van der Waals surface area contributed by atoms with Gasteiger partial charge in [-0.2, -0.15) is 0 Å². The van der Waals surface area contributed by atoms with Crippen LogP contribution in [0.25, 0.3) is 0 Å². The molecule has 0 unspecified atom stereocenters. The molecule has 6 nitrogen and oxygen atoms in total. The molecule has 0 aliphatic heterocycles. The maximum atomic E-state index is 15.0. The summed E-state index contributed by atoms with van der Waals surface area (Å²) in [5.74, 6) is -2.11. The van der Waals surface area contributed by atoms with Crippen LogP contribution in [0, 0.1) is 11.6 Å². The number of amides is 2. The third-order valence-electron chi connectivity index (χ3n) is 6.77. The van der Waals surface area contributed by atoms with Gasteiger partial charge < -0.3 is 20.5 Å². The number of rotatable bonds is 8. The molecule has 1 atom stereocenters. The molecule has 0 fully saturated rings. The lowest BCUT2D eigenvalue weighted by molar-refractivity contribution is -0.145. The number of benzene rings is 3. The predicted molar refractivity (Wildman–Crippen MR) is 157 cm³/mol. The monoisotopic (exact) mass is 566 g/mol. The second kappa shape index (κ2) is 12.7. The van der Waals surface area contributed by atoms with Gasteiger partial charge in [-0.3, -0.25) is 0 Å². The lowest BCUT2D eigenvalue weighted by Crippen LogP contribution is -2.38. The topological polar surface area (TPSA) is 87.7 Å². The molecule has 2 amide bonds. The van der Waals surface area contributed by atoms with Crippen LogP contribution >= 0.6 is 0 Å². The Morgan fingerprint density at radius 2 is 1.49 bits per heavy atom. The summed E-state index contributed by atoms with van der Waals surface area (Å²) >= 11 is 0. The molecule has 0 aliphatic rings. The number of carbonyl (C=O) groups excluding carboxylic acids is 2. The van der Waals surface area contributed by atoms with E-state index in [0.29, 0.717) is 18.1 Å². The molecule has 3 N–H and O–H groups in total. The number of esters is 1. The Bertz CT molecular complexity index is 1360. The third kappa shape index (κ3) is 8.06. The number of aryl methyl sites for hydroxylation is 2. The SMILES string of the molecule is CCOC(=O)[C@H](NC(=O)Nc1c(F)cc(F)cc1CCc1cc(C(C)(C)C)c(O)c(C(C)(C)C)c1)c1ccccc1. The number of hydrogen-bond acceptors (Lipinski definition) is 4. The smallest absolute Gasteiger partial charge is 0.333 e. The molecule has 0 aromatic heterocycles. The molecule has 3 rings (SSSR count). The van der Waals surface area contributed by atoms with Crippen molar-refractivity contribution in [2.75, 3.05) is 11.9 Å². The van der Waals surface area contributed by atoms with Crippen LogP contribution in [0.4, 0.5) is 19.3 Å². The zero-order valence-corrected chi connectivity index (χ0v) is 24.8. The Hall–Kier alpha value is -3.94. The quantitative estimate of drug-likeness (QED) is 0.247. The van der Waals surface area contributed by atoms with Gasteiger partial charge in [-0.25, -0.2) is 18.4 Å². The summed E-state index contributed by atoms with van der Waals surface area (Å²) in [6, 6.07) is 12.3. The van der Waals surface area contributed by atoms with Crippen molar-refractivity contribution in [2.45, 2.75) is 78.2 Å². The van der Waals surface area contributed by atoms with E-state index in [9.17, 15) is 19.1 Å². The molecular formula is C33H40F2N2O4. The Kier molecular flexibility index (Phi) is 9.79. The first kappa shape index (κ1) is 31.6. The second-order valence-corrected chi connectivity index (χ2v) is 12.2. The number of anilines is 1. The molecule has 220 valence electrons. The lowest BCUT2D eigenvalue weighted by Gasteiger charge is -2.28. The fourth-order valence-corrected chi connectivity index (χ4v) is 4.66. The number of hydrogen-bond donors (Lipinski definition) is 3. The number of carbonyl (C=O) groups is 2. The number of ether oxygens (including phenoxy) is 1. The minimum Gasteiger partial charge on any atom is -0.507 e. The fourth-order valence-electron chi connectivity index (χ4n) is 4.66. The standard InChI is InChI=1S/C33H40F2N2O4/c1-8-41-30(39)28(21-12-10-9-11-13-21)37-31(40)36-27-22(18-23(34)19-26(27)35)15-14-20-16-24(32(2,3)4)29(38)25(17-20)33(5,6)7/h9-13,16-19,28,38H,8,14-15H2,1-7H3,(H2,36,37,40)/t28-/m1/s1. The summed E-state index contributed by atoms with van der Waals surface area (Å²) in [4.78, 5) is 25.6. The van der Waals surface area contributed by atoms with Crippen LogP contribution in [-0.4, -0.2) is 23.7 Å². The molecular weight excluding hydrogens is 526 g/mol. The van der Waals surface area contributed by atoms with Crippen LogP contribution in [0.15, 0.2) is 54.6 Å². The van der Waals surface area contributed by atoms with Crippen LogP contribution in [-0.2, 0) is 33.2 Å². The molecule has 0 radical (unpaired) electrons. The normalized spacial score (nSPS) is 12.5. The van der Waals surface area contributed by atoms with Crippen molar-refractivity contribution in [1.82, 2.24) is 5.32 Å². The molecule has 0 saturated carbocycles. The molecule has 0 bridgehead atoms. The average Bonchev–Trinajstić information content (AvgIpc) is 2.87. The van der Waals surface area contributed by atoms with Crippen LogP contribution in [0.3, 0.4) is 0 Å². The van der Waals surface area contributed by atoms with E-state index in [1.165, 1.54) is 6.07 Å². The summed E-state index contributed by atoms with van der Waals surface area (Å²) < 4.78 is 34.5. The molecule has 0 saturated heterocycles. The van der Waals surface area contributed by atoms with E-state index < -0.39 is 29.7 Å². The van der Waals surface area contributed by atoms with Gasteiger partial charge in [0, 0.05) is 6.07 Å². The van der Waals surface area contributed by atoms with Gasteiger partial charge in [-0.05, 0) is 64.5 Å². The highest BCUT2D eigenvalue weighted by molar-refractivity contribution is 5.93. The van der Waals surface area contributed by atoms with Gasteiger partial charge in [0.05, 0.1) is 12.3 Å². The number of urea groups is 1. The van der Waals surface area contributed by atoms with E-state index in [0.717, 1.165) is 16.7 Å². The van der Waals surface area contributed by atoms with E-state index in [1.807, 2.05) is 53.7 Å². The van der Waals surface area contributed by atoms with Crippen LogP contribution < -0.4 is 10.6 Å². The summed E-state index contributed by atoms with van der Waals surface area (Å²) in [5.41, 5.74) is 2.39. The van der Waals surface area contributed by atoms with Crippen molar-refractivity contribution in [3.8, 4) is 5.75 Å². The van der Waals surface area contributed by atoms with Crippen LogP contribution in [0.5, 0.6) is 5.75 Å². The third-order valence-corrected chi connectivity index (χ3v) is 6.77. The van der Waals surface area contributed by atoms with Gasteiger partial charge in [-0.15, -0.1) is 0 Å². The maximum Gasteiger partial charge on any atom is 0.333 e. The lowest BCUT2D eigenvalue weighted by atomic mass is 9.78. The Morgan fingerprint density at radius 3 is 2.02 bits per heavy atom. The average molecular weight is 567 g/mol. The fraction of sp³-hybridized carbons (Fsp3) is 0.394. The molecule has 0 aliphatic carbocycles. The minimum absolute atomic E-state index is 0.118. The predicted octanol–water partition coefficient (Wildman–Crippen LogP) is 7.48. The zero-order valence-electron chi connectivity index (χ0n) is 24.8. The highest BCUT2D eigenvalue weighted by Gasteiger charge is 2.27. The van der Waals surface area contributed by atoms with Crippen molar-refractivity contribution >= 4 is 17.7 Å².